The van der Waals surface area contributed by atoms with Gasteiger partial charge >= 0.3 is 24.7 Å². The van der Waals surface area contributed by atoms with Gasteiger partial charge in [0, 0.05) is 0 Å². The number of alkyl halides is 12. The van der Waals surface area contributed by atoms with Crippen molar-refractivity contribution in [3.05, 3.63) is 89.0 Å². The average molecular weight is 534 g/mol. The molecule has 0 atom stereocenters. The second kappa shape index (κ2) is 9.04. The fourth-order valence-corrected chi connectivity index (χ4v) is 6.20. The highest BCUT2D eigenvalue weighted by Gasteiger charge is 2.49. The highest BCUT2D eigenvalue weighted by molar-refractivity contribution is 7.80. The summed E-state index contributed by atoms with van der Waals surface area (Å²) in [5.74, 6) is 0. The van der Waals surface area contributed by atoms with Gasteiger partial charge in [0.15, 0.2) is 0 Å². The summed E-state index contributed by atoms with van der Waals surface area (Å²) in [6, 6.07) is 8.32. The van der Waals surface area contributed by atoms with Crippen molar-refractivity contribution in [2.24, 2.45) is 0 Å². The van der Waals surface area contributed by atoms with Gasteiger partial charge in [0.05, 0.1) is 22.3 Å². The van der Waals surface area contributed by atoms with Gasteiger partial charge in [0.25, 0.3) is 0 Å². The molecule has 0 bridgehead atoms. The third-order valence-electron chi connectivity index (χ3n) is 4.76. The average Bonchev–Trinajstić information content (AvgIpc) is 2.71. The lowest BCUT2D eigenvalue weighted by atomic mass is 10.1. The Labute approximate surface area is 190 Å². The second-order valence-corrected chi connectivity index (χ2v) is 9.21. The summed E-state index contributed by atoms with van der Waals surface area (Å²) in [4.78, 5) is 0. The Kier molecular flexibility index (Phi) is 6.93. The molecular formula is C22H11F12P. The monoisotopic (exact) mass is 534 g/mol. The smallest absolute Gasteiger partial charge is 0.166 e. The summed E-state index contributed by atoms with van der Waals surface area (Å²) in [5.41, 5.74) is -8.83. The Morgan fingerprint density at radius 3 is 1.09 bits per heavy atom. The minimum absolute atomic E-state index is 0.113. The Hall–Kier alpha value is -2.75. The van der Waals surface area contributed by atoms with Crippen LogP contribution < -0.4 is 15.9 Å². The van der Waals surface area contributed by atoms with E-state index in [1.807, 2.05) is 0 Å². The molecule has 0 aliphatic rings. The first-order chi connectivity index (χ1) is 15.9. The first-order valence-electron chi connectivity index (χ1n) is 9.34. The Bertz CT molecular complexity index is 1110. The van der Waals surface area contributed by atoms with E-state index >= 15 is 0 Å². The predicted octanol–water partition coefficient (Wildman–Crippen LogP) is 7.52. The van der Waals surface area contributed by atoms with Gasteiger partial charge in [-0.15, -0.1) is 0 Å². The lowest BCUT2D eigenvalue weighted by Crippen LogP contribution is -2.34. The van der Waals surface area contributed by atoms with E-state index in [9.17, 15) is 52.7 Å². The lowest BCUT2D eigenvalue weighted by Gasteiger charge is -2.28. The van der Waals surface area contributed by atoms with Gasteiger partial charge in [0.2, 0.25) is 0 Å². The van der Waals surface area contributed by atoms with E-state index in [4.69, 9.17) is 0 Å². The summed E-state index contributed by atoms with van der Waals surface area (Å²) in [5, 5.41) is -2.73. The van der Waals surface area contributed by atoms with Gasteiger partial charge in [-0.3, -0.25) is 0 Å². The Balaban J connectivity index is 2.53. The van der Waals surface area contributed by atoms with Crippen LogP contribution >= 0.6 is 7.92 Å². The Morgan fingerprint density at radius 2 is 0.771 bits per heavy atom. The molecule has 13 heteroatoms. The van der Waals surface area contributed by atoms with Crippen molar-refractivity contribution in [1.29, 1.82) is 0 Å². The molecule has 3 aromatic rings. The van der Waals surface area contributed by atoms with Crippen LogP contribution in [0.25, 0.3) is 0 Å². The quantitative estimate of drug-likeness (QED) is 0.241. The third-order valence-corrected chi connectivity index (χ3v) is 7.28. The summed E-state index contributed by atoms with van der Waals surface area (Å²) >= 11 is 0. The molecule has 0 saturated carbocycles. The number of hydrogen-bond donors (Lipinski definition) is 0. The lowest BCUT2D eigenvalue weighted by molar-refractivity contribution is -0.161. The standard InChI is InChI=1S/C22H11F12P/c23-19(24,25)13-8-4-10-15(17(13)21(29,30)31)35(12-6-2-1-3-7-12)16-11-5-9-14(20(26,27)28)18(16)22(32,33)34/h1-11H. The topological polar surface area (TPSA) is 0 Å². The molecule has 0 fully saturated rings. The van der Waals surface area contributed by atoms with Crippen LogP contribution in [-0.4, -0.2) is 0 Å². The van der Waals surface area contributed by atoms with Crippen LogP contribution in [0.5, 0.6) is 0 Å². The fraction of sp³-hybridized carbons (Fsp3) is 0.182. The number of halogens is 12. The fourth-order valence-electron chi connectivity index (χ4n) is 3.51. The van der Waals surface area contributed by atoms with E-state index in [1.165, 1.54) is 18.2 Å². The van der Waals surface area contributed by atoms with Crippen LogP contribution in [0.2, 0.25) is 0 Å². The zero-order chi connectivity index (χ0) is 26.4. The van der Waals surface area contributed by atoms with E-state index < -0.39 is 65.5 Å². The molecule has 0 saturated heterocycles. The van der Waals surface area contributed by atoms with E-state index in [-0.39, 0.29) is 17.4 Å². The SMILES string of the molecule is FC(F)(F)c1cccc(P(c2ccccc2)c2cccc(C(F)(F)F)c2C(F)(F)F)c1C(F)(F)F. The van der Waals surface area contributed by atoms with Gasteiger partial charge in [-0.2, -0.15) is 52.7 Å². The highest BCUT2D eigenvalue weighted by Crippen LogP contribution is 2.48. The third kappa shape index (κ3) is 5.58. The maximum Gasteiger partial charge on any atom is 0.417 e. The molecule has 0 aliphatic heterocycles. The van der Waals surface area contributed by atoms with E-state index in [2.05, 4.69) is 0 Å². The van der Waals surface area contributed by atoms with Gasteiger partial charge in [-0.25, -0.2) is 0 Å². The summed E-state index contributed by atoms with van der Waals surface area (Å²) < 4.78 is 165. The van der Waals surface area contributed by atoms with Crippen molar-refractivity contribution < 1.29 is 52.7 Å². The van der Waals surface area contributed by atoms with Gasteiger partial charge in [0.1, 0.15) is 0 Å². The van der Waals surface area contributed by atoms with Crippen LogP contribution in [0.15, 0.2) is 66.7 Å². The maximum absolute atomic E-state index is 13.9. The molecule has 0 unspecified atom stereocenters. The zero-order valence-corrected chi connectivity index (χ0v) is 17.7. The minimum Gasteiger partial charge on any atom is -0.166 e. The molecule has 0 heterocycles. The van der Waals surface area contributed by atoms with Gasteiger partial charge < -0.3 is 0 Å². The molecule has 0 nitrogen and oxygen atoms in total. The molecule has 3 rings (SSSR count). The molecule has 188 valence electrons. The molecule has 0 spiro atoms. The van der Waals surface area contributed by atoms with Crippen LogP contribution in [-0.2, 0) is 24.7 Å². The van der Waals surface area contributed by atoms with Crippen LogP contribution in [0.3, 0.4) is 0 Å². The number of benzene rings is 3. The van der Waals surface area contributed by atoms with Crippen molar-refractivity contribution in [2.45, 2.75) is 24.7 Å². The van der Waals surface area contributed by atoms with Crippen LogP contribution in [0.4, 0.5) is 52.7 Å². The molecule has 0 aromatic heterocycles. The molecule has 0 amide bonds. The second-order valence-electron chi connectivity index (χ2n) is 7.06. The number of hydrogen-bond acceptors (Lipinski definition) is 0. The van der Waals surface area contributed by atoms with Gasteiger partial charge in [-0.1, -0.05) is 54.6 Å². The molecular weight excluding hydrogens is 523 g/mol. The number of rotatable bonds is 3. The molecule has 0 N–H and O–H groups in total. The van der Waals surface area contributed by atoms with E-state index in [0.717, 1.165) is 12.1 Å². The molecule has 0 radical (unpaired) electrons. The summed E-state index contributed by atoms with van der Waals surface area (Å²) in [6.45, 7) is 0. The predicted molar refractivity (Wildman–Crippen MR) is 105 cm³/mol. The molecule has 3 aromatic carbocycles. The largest absolute Gasteiger partial charge is 0.417 e. The zero-order valence-electron chi connectivity index (χ0n) is 16.8. The summed E-state index contributed by atoms with van der Waals surface area (Å²) in [7, 11) is -3.18. The van der Waals surface area contributed by atoms with Crippen molar-refractivity contribution >= 4 is 23.8 Å². The van der Waals surface area contributed by atoms with Crippen molar-refractivity contribution in [3.8, 4) is 0 Å². The molecule has 0 aliphatic carbocycles. The van der Waals surface area contributed by atoms with Crippen molar-refractivity contribution in [1.82, 2.24) is 0 Å². The normalized spacial score (nSPS) is 13.4. The Morgan fingerprint density at radius 1 is 0.400 bits per heavy atom. The van der Waals surface area contributed by atoms with E-state index in [1.54, 1.807) is 0 Å². The molecule has 35 heavy (non-hydrogen) atoms. The van der Waals surface area contributed by atoms with Crippen LogP contribution in [0.1, 0.15) is 22.3 Å². The van der Waals surface area contributed by atoms with Crippen molar-refractivity contribution in [2.75, 3.05) is 0 Å². The van der Waals surface area contributed by atoms with Crippen molar-refractivity contribution in [3.63, 3.8) is 0 Å². The maximum atomic E-state index is 13.9. The highest BCUT2D eigenvalue weighted by atomic mass is 31.1. The minimum atomic E-state index is -5.68. The first-order valence-corrected chi connectivity index (χ1v) is 10.7. The summed E-state index contributed by atoms with van der Waals surface area (Å²) in [6.07, 6.45) is -22.5. The first kappa shape index (κ1) is 26.8. The van der Waals surface area contributed by atoms with E-state index in [0.29, 0.717) is 24.3 Å². The van der Waals surface area contributed by atoms with Gasteiger partial charge in [-0.05, 0) is 36.0 Å². The van der Waals surface area contributed by atoms with Crippen LogP contribution in [0, 0.1) is 0 Å².